The van der Waals surface area contributed by atoms with Gasteiger partial charge in [-0.3, -0.25) is 4.79 Å². The van der Waals surface area contributed by atoms with Gasteiger partial charge in [-0.1, -0.05) is 37.3 Å². The molecule has 132 valence electrons. The van der Waals surface area contributed by atoms with Crippen LogP contribution < -0.4 is 10.6 Å². The predicted octanol–water partition coefficient (Wildman–Crippen LogP) is 4.65. The van der Waals surface area contributed by atoms with Crippen molar-refractivity contribution in [2.75, 3.05) is 10.6 Å². The van der Waals surface area contributed by atoms with Gasteiger partial charge < -0.3 is 10.6 Å². The number of rotatable bonds is 5. The molecule has 0 unspecified atom stereocenters. The molecule has 0 atom stereocenters. The minimum Gasteiger partial charge on any atom is -0.340 e. The first-order valence-electron chi connectivity index (χ1n) is 8.64. The van der Waals surface area contributed by atoms with E-state index in [-0.39, 0.29) is 5.91 Å². The van der Waals surface area contributed by atoms with E-state index in [1.165, 1.54) is 0 Å². The van der Waals surface area contributed by atoms with Crippen LogP contribution in [0.2, 0.25) is 0 Å². The van der Waals surface area contributed by atoms with Crippen molar-refractivity contribution in [2.45, 2.75) is 27.2 Å². The number of para-hydroxylation sites is 1. The van der Waals surface area contributed by atoms with E-state index >= 15 is 0 Å². The summed E-state index contributed by atoms with van der Waals surface area (Å²) in [4.78, 5) is 21.3. The maximum Gasteiger partial charge on any atom is 0.274 e. The average Bonchev–Trinajstić information content (AvgIpc) is 2.61. The number of aryl methyl sites for hydroxylation is 3. The molecule has 0 fully saturated rings. The lowest BCUT2D eigenvalue weighted by Gasteiger charge is -2.11. The zero-order valence-electron chi connectivity index (χ0n) is 15.2. The number of carbonyl (C=O) groups is 1. The maximum atomic E-state index is 12.7. The smallest absolute Gasteiger partial charge is 0.274 e. The largest absolute Gasteiger partial charge is 0.340 e. The van der Waals surface area contributed by atoms with Gasteiger partial charge in [0.2, 0.25) is 0 Å². The van der Waals surface area contributed by atoms with Crippen molar-refractivity contribution >= 4 is 23.1 Å². The molecule has 5 heteroatoms. The molecule has 1 aromatic heterocycles. The quantitative estimate of drug-likeness (QED) is 0.705. The summed E-state index contributed by atoms with van der Waals surface area (Å²) in [6.07, 6.45) is 0.847. The zero-order valence-corrected chi connectivity index (χ0v) is 15.2. The summed E-state index contributed by atoms with van der Waals surface area (Å²) < 4.78 is 0. The Labute approximate surface area is 153 Å². The molecule has 0 saturated heterocycles. The monoisotopic (exact) mass is 346 g/mol. The van der Waals surface area contributed by atoms with Crippen LogP contribution in [-0.2, 0) is 6.42 Å². The lowest BCUT2D eigenvalue weighted by Crippen LogP contribution is -2.16. The van der Waals surface area contributed by atoms with Gasteiger partial charge in [0.15, 0.2) is 0 Å². The molecule has 1 amide bonds. The number of hydrogen-bond acceptors (Lipinski definition) is 4. The number of benzene rings is 2. The summed E-state index contributed by atoms with van der Waals surface area (Å²) in [7, 11) is 0. The molecule has 3 aromatic rings. The van der Waals surface area contributed by atoms with Crippen molar-refractivity contribution in [3.63, 3.8) is 0 Å². The van der Waals surface area contributed by atoms with Crippen LogP contribution in [0.3, 0.4) is 0 Å². The third-order valence-electron chi connectivity index (χ3n) is 4.01. The van der Waals surface area contributed by atoms with E-state index < -0.39 is 0 Å². The second-order valence-electron chi connectivity index (χ2n) is 6.14. The molecular weight excluding hydrogens is 324 g/mol. The van der Waals surface area contributed by atoms with Gasteiger partial charge >= 0.3 is 0 Å². The fraction of sp³-hybridized carbons (Fsp3) is 0.190. The first kappa shape index (κ1) is 17.6. The Bertz CT molecular complexity index is 937. The van der Waals surface area contributed by atoms with Gasteiger partial charge in [0, 0.05) is 17.4 Å². The first-order chi connectivity index (χ1) is 12.5. The summed E-state index contributed by atoms with van der Waals surface area (Å²) >= 11 is 0. The minimum atomic E-state index is -0.247. The Morgan fingerprint density at radius 3 is 2.58 bits per heavy atom. The van der Waals surface area contributed by atoms with Crippen LogP contribution in [0.4, 0.5) is 17.2 Å². The third kappa shape index (κ3) is 4.25. The lowest BCUT2D eigenvalue weighted by atomic mass is 10.1. The predicted molar refractivity (Wildman–Crippen MR) is 105 cm³/mol. The van der Waals surface area contributed by atoms with E-state index in [1.54, 1.807) is 13.0 Å². The third-order valence-corrected chi connectivity index (χ3v) is 4.01. The lowest BCUT2D eigenvalue weighted by molar-refractivity contribution is 0.102. The zero-order chi connectivity index (χ0) is 18.5. The molecule has 0 saturated carbocycles. The first-order valence-corrected chi connectivity index (χ1v) is 8.64. The Kier molecular flexibility index (Phi) is 5.27. The standard InChI is InChI=1S/C21H22N4O/c1-4-16-9-5-6-11-18(16)25-21(26)19-13-20(23-15(3)22-19)24-17-10-7-8-14(2)12-17/h5-13H,4H2,1-3H3,(H,25,26)(H,22,23,24). The van der Waals surface area contributed by atoms with Crippen molar-refractivity contribution in [3.05, 3.63) is 77.2 Å². The number of hydrogen-bond donors (Lipinski definition) is 2. The molecule has 0 aliphatic carbocycles. The number of anilines is 3. The molecular formula is C21H22N4O. The van der Waals surface area contributed by atoms with E-state index in [4.69, 9.17) is 0 Å². The van der Waals surface area contributed by atoms with Gasteiger partial charge in [0.05, 0.1) is 0 Å². The number of carbonyl (C=O) groups excluding carboxylic acids is 1. The van der Waals surface area contributed by atoms with Crippen molar-refractivity contribution in [2.24, 2.45) is 0 Å². The molecule has 0 spiro atoms. The van der Waals surface area contributed by atoms with Crippen molar-refractivity contribution in [3.8, 4) is 0 Å². The van der Waals surface area contributed by atoms with E-state index in [1.807, 2.05) is 55.5 Å². The summed E-state index contributed by atoms with van der Waals surface area (Å²) in [6.45, 7) is 5.86. The van der Waals surface area contributed by atoms with Crippen molar-refractivity contribution in [1.29, 1.82) is 0 Å². The van der Waals surface area contributed by atoms with Gasteiger partial charge in [-0.25, -0.2) is 9.97 Å². The molecule has 3 rings (SSSR count). The molecule has 5 nitrogen and oxygen atoms in total. The Morgan fingerprint density at radius 1 is 1.00 bits per heavy atom. The average molecular weight is 346 g/mol. The van der Waals surface area contributed by atoms with Crippen LogP contribution >= 0.6 is 0 Å². The van der Waals surface area contributed by atoms with E-state index in [0.29, 0.717) is 17.3 Å². The van der Waals surface area contributed by atoms with Crippen LogP contribution in [0.15, 0.2) is 54.6 Å². The van der Waals surface area contributed by atoms with Crippen molar-refractivity contribution < 1.29 is 4.79 Å². The molecule has 0 radical (unpaired) electrons. The summed E-state index contributed by atoms with van der Waals surface area (Å²) in [5.74, 6) is 0.886. The normalized spacial score (nSPS) is 10.4. The number of nitrogens with zero attached hydrogens (tertiary/aromatic N) is 2. The Hall–Kier alpha value is -3.21. The van der Waals surface area contributed by atoms with Crippen molar-refractivity contribution in [1.82, 2.24) is 9.97 Å². The molecule has 1 heterocycles. The number of amides is 1. The number of nitrogens with one attached hydrogen (secondary N) is 2. The highest BCUT2D eigenvalue weighted by atomic mass is 16.1. The highest BCUT2D eigenvalue weighted by Crippen LogP contribution is 2.19. The maximum absolute atomic E-state index is 12.7. The minimum absolute atomic E-state index is 0.247. The van der Waals surface area contributed by atoms with Crippen LogP contribution in [0.5, 0.6) is 0 Å². The Balaban J connectivity index is 1.83. The summed E-state index contributed by atoms with van der Waals surface area (Å²) in [6, 6.07) is 17.4. The van der Waals surface area contributed by atoms with Gasteiger partial charge in [-0.15, -0.1) is 0 Å². The second-order valence-corrected chi connectivity index (χ2v) is 6.14. The van der Waals surface area contributed by atoms with Crippen LogP contribution in [0.1, 0.15) is 34.4 Å². The van der Waals surface area contributed by atoms with Gasteiger partial charge in [0.25, 0.3) is 5.91 Å². The highest BCUT2D eigenvalue weighted by molar-refractivity contribution is 6.03. The summed E-state index contributed by atoms with van der Waals surface area (Å²) in [5.41, 5.74) is 4.30. The van der Waals surface area contributed by atoms with Crippen LogP contribution in [0, 0.1) is 13.8 Å². The highest BCUT2D eigenvalue weighted by Gasteiger charge is 2.12. The van der Waals surface area contributed by atoms with Crippen LogP contribution in [0.25, 0.3) is 0 Å². The van der Waals surface area contributed by atoms with Gasteiger partial charge in [-0.2, -0.15) is 0 Å². The molecule has 0 aliphatic rings. The topological polar surface area (TPSA) is 66.9 Å². The summed E-state index contributed by atoms with van der Waals surface area (Å²) in [5, 5.41) is 6.18. The van der Waals surface area contributed by atoms with Gasteiger partial charge in [-0.05, 0) is 49.6 Å². The number of aromatic nitrogens is 2. The van der Waals surface area contributed by atoms with E-state index in [0.717, 1.165) is 28.9 Å². The Morgan fingerprint density at radius 2 is 1.81 bits per heavy atom. The fourth-order valence-electron chi connectivity index (χ4n) is 2.76. The molecule has 26 heavy (non-hydrogen) atoms. The SMILES string of the molecule is CCc1ccccc1NC(=O)c1cc(Nc2cccc(C)c2)nc(C)n1. The van der Waals surface area contributed by atoms with Gasteiger partial charge in [0.1, 0.15) is 17.3 Å². The molecule has 2 aromatic carbocycles. The van der Waals surface area contributed by atoms with E-state index in [2.05, 4.69) is 27.5 Å². The molecule has 0 aliphatic heterocycles. The molecule has 2 N–H and O–H groups in total. The van der Waals surface area contributed by atoms with Crippen LogP contribution in [-0.4, -0.2) is 15.9 Å². The molecule has 0 bridgehead atoms. The fourth-order valence-corrected chi connectivity index (χ4v) is 2.76. The second kappa shape index (κ2) is 7.78. The van der Waals surface area contributed by atoms with E-state index in [9.17, 15) is 4.79 Å².